The Labute approximate surface area is 444 Å². The van der Waals surface area contributed by atoms with Gasteiger partial charge in [0.1, 0.15) is 0 Å². The Bertz CT molecular complexity index is 2740. The van der Waals surface area contributed by atoms with Gasteiger partial charge in [0, 0.05) is 93.8 Å². The molecule has 19 heteroatoms. The van der Waals surface area contributed by atoms with Crippen molar-refractivity contribution < 1.29 is 38.4 Å². The molecule has 2 aliphatic carbocycles. The molecule has 2 saturated heterocycles. The van der Waals surface area contributed by atoms with Crippen molar-refractivity contribution in [2.45, 2.75) is 128 Å². The molecule has 8 rings (SSSR count). The van der Waals surface area contributed by atoms with Crippen molar-refractivity contribution in [2.75, 3.05) is 32.7 Å². The number of carbonyl (C=O) groups is 8. The number of rotatable bonds is 23. The predicted octanol–water partition coefficient (Wildman–Crippen LogP) is 2.12. The molecule has 19 nitrogen and oxygen atoms in total. The first-order valence-corrected chi connectivity index (χ1v) is 27.4. The SMILES string of the molecule is CC(=O)NC1CCCC1C(=O)N[C@H](CC(=O)NC1CCCC1C(=O)NC[C@H](CC(C)C)C(=O)NC1CNCC1C(=O)NC1CNCC1C(=O)N[C@H](CC(N)=O)Cc1c[nH]c2ccccc12)Cc1cccc2ccccc12. The first-order chi connectivity index (χ1) is 36.6. The summed E-state index contributed by atoms with van der Waals surface area (Å²) < 4.78 is 0. The highest BCUT2D eigenvalue weighted by molar-refractivity contribution is 5.89. The Balaban J connectivity index is 0.845. The van der Waals surface area contributed by atoms with Crippen LogP contribution in [0, 0.1) is 35.5 Å². The quantitative estimate of drug-likeness (QED) is 0.0515. The van der Waals surface area contributed by atoms with E-state index in [4.69, 9.17) is 5.73 Å². The number of amides is 8. The van der Waals surface area contributed by atoms with Crippen LogP contribution < -0.4 is 53.6 Å². The van der Waals surface area contributed by atoms with Crippen LogP contribution in [-0.2, 0) is 51.2 Å². The standard InChI is InChI=1S/C57H77N11O8/c1-32(2)21-37(53(72)67-49-30-60-29-45(49)57(76)68-50-31-59-28-44(50)56(75)64-38(24-51(58)70)23-36-26-61-46-18-7-6-15-41(36)46)27-62-54(73)42-16-9-20-48(42)66-52(71)25-39(22-35-13-8-12-34-11-4-5-14-40(34)35)65-55(74)43-17-10-19-47(43)63-33(3)69/h4-8,11-15,18,26,32,37-39,42-45,47-50,59-61H,9-10,16-17,19-25,27-31H2,1-3H3,(H2,58,70)(H,62,73)(H,63,69)(H,64,75)(H,65,74)(H,66,71)(H,67,72)(H,68,76)/t37-,38-,39-,42?,43?,44?,45?,47?,48?,49?,50?/m0/s1. The van der Waals surface area contributed by atoms with E-state index in [0.29, 0.717) is 71.1 Å². The van der Waals surface area contributed by atoms with E-state index < -0.39 is 65.7 Å². The Morgan fingerprint density at radius 1 is 0.592 bits per heavy atom. The third-order valence-corrected chi connectivity index (χ3v) is 15.9. The summed E-state index contributed by atoms with van der Waals surface area (Å²) in [5, 5.41) is 31.0. The minimum atomic E-state index is -0.627. The molecular weight excluding hydrogens is 967 g/mol. The lowest BCUT2D eigenvalue weighted by atomic mass is 9.93. The van der Waals surface area contributed by atoms with Gasteiger partial charge in [-0.05, 0) is 78.8 Å². The van der Waals surface area contributed by atoms with E-state index in [0.717, 1.165) is 45.6 Å². The number of aromatic amines is 1. The molecule has 3 heterocycles. The smallest absolute Gasteiger partial charge is 0.226 e. The molecule has 2 aliphatic heterocycles. The first-order valence-electron chi connectivity index (χ1n) is 27.4. The van der Waals surface area contributed by atoms with Crippen LogP contribution in [0.5, 0.6) is 0 Å². The normalized spacial score (nSPS) is 24.4. The third-order valence-electron chi connectivity index (χ3n) is 15.9. The van der Waals surface area contributed by atoms with Gasteiger partial charge in [-0.3, -0.25) is 38.4 Å². The monoisotopic (exact) mass is 1040 g/mol. The Hall–Kier alpha value is -6.86. The maximum atomic E-state index is 14.1. The van der Waals surface area contributed by atoms with Crippen LogP contribution in [-0.4, -0.2) is 121 Å². The summed E-state index contributed by atoms with van der Waals surface area (Å²) in [6, 6.07) is 18.9. The molecule has 4 fully saturated rings. The minimum Gasteiger partial charge on any atom is -0.370 e. The molecule has 8 unspecified atom stereocenters. The summed E-state index contributed by atoms with van der Waals surface area (Å²) in [4.78, 5) is 111. The van der Waals surface area contributed by atoms with E-state index in [1.165, 1.54) is 6.92 Å². The van der Waals surface area contributed by atoms with Gasteiger partial charge >= 0.3 is 0 Å². The maximum Gasteiger partial charge on any atom is 0.226 e. The van der Waals surface area contributed by atoms with Crippen molar-refractivity contribution in [2.24, 2.45) is 41.2 Å². The third kappa shape index (κ3) is 14.3. The molecule has 4 aliphatic rings. The van der Waals surface area contributed by atoms with Crippen LogP contribution in [0.15, 0.2) is 72.9 Å². The second-order valence-corrected chi connectivity index (χ2v) is 22.1. The molecule has 3 aromatic carbocycles. The molecule has 0 radical (unpaired) electrons. The zero-order valence-corrected chi connectivity index (χ0v) is 44.0. The molecule has 8 amide bonds. The number of carbonyl (C=O) groups excluding carboxylic acids is 8. The minimum absolute atomic E-state index is 0.0115. The highest BCUT2D eigenvalue weighted by Gasteiger charge is 2.41. The number of hydrogen-bond donors (Lipinski definition) is 11. The van der Waals surface area contributed by atoms with Gasteiger partial charge in [0.15, 0.2) is 0 Å². The summed E-state index contributed by atoms with van der Waals surface area (Å²) in [6.45, 7) is 6.88. The molecule has 2 saturated carbocycles. The summed E-state index contributed by atoms with van der Waals surface area (Å²) >= 11 is 0. The lowest BCUT2D eigenvalue weighted by Gasteiger charge is -2.27. The number of nitrogens with one attached hydrogen (secondary N) is 10. The van der Waals surface area contributed by atoms with Gasteiger partial charge in [-0.1, -0.05) is 87.4 Å². The fourth-order valence-corrected chi connectivity index (χ4v) is 12.2. The zero-order chi connectivity index (χ0) is 53.9. The topological polar surface area (TPSA) is 287 Å². The van der Waals surface area contributed by atoms with Crippen LogP contribution in [0.4, 0.5) is 0 Å². The lowest BCUT2D eigenvalue weighted by Crippen LogP contribution is -2.54. The van der Waals surface area contributed by atoms with Crippen LogP contribution in [0.25, 0.3) is 21.7 Å². The maximum absolute atomic E-state index is 14.1. The van der Waals surface area contributed by atoms with Gasteiger partial charge in [-0.25, -0.2) is 0 Å². The molecule has 76 heavy (non-hydrogen) atoms. The largest absolute Gasteiger partial charge is 0.370 e. The average molecular weight is 1040 g/mol. The van der Waals surface area contributed by atoms with Crippen LogP contribution >= 0.6 is 0 Å². The molecular formula is C57H77N11O8. The Morgan fingerprint density at radius 2 is 1.18 bits per heavy atom. The molecule has 408 valence electrons. The van der Waals surface area contributed by atoms with Crippen molar-refractivity contribution in [1.82, 2.24) is 52.8 Å². The Kier molecular flexibility index (Phi) is 18.8. The van der Waals surface area contributed by atoms with Crippen molar-refractivity contribution in [3.63, 3.8) is 0 Å². The number of H-pyrrole nitrogens is 1. The number of primary amides is 1. The fourth-order valence-electron chi connectivity index (χ4n) is 12.2. The van der Waals surface area contributed by atoms with Crippen LogP contribution in [0.3, 0.4) is 0 Å². The number of aromatic nitrogens is 1. The van der Waals surface area contributed by atoms with Gasteiger partial charge in [-0.2, -0.15) is 0 Å². The van der Waals surface area contributed by atoms with Crippen molar-refractivity contribution >= 4 is 68.9 Å². The summed E-state index contributed by atoms with van der Waals surface area (Å²) in [7, 11) is 0. The van der Waals surface area contributed by atoms with Crippen molar-refractivity contribution in [3.8, 4) is 0 Å². The van der Waals surface area contributed by atoms with Gasteiger partial charge in [0.25, 0.3) is 0 Å². The molecule has 0 bridgehead atoms. The van der Waals surface area contributed by atoms with Gasteiger partial charge in [-0.15, -0.1) is 0 Å². The van der Waals surface area contributed by atoms with Crippen LogP contribution in [0.1, 0.15) is 89.7 Å². The number of para-hydroxylation sites is 1. The van der Waals surface area contributed by atoms with E-state index in [1.807, 2.05) is 86.8 Å². The summed E-state index contributed by atoms with van der Waals surface area (Å²) in [6.07, 6.45) is 7.11. The van der Waals surface area contributed by atoms with E-state index in [9.17, 15) is 38.4 Å². The van der Waals surface area contributed by atoms with E-state index in [-0.39, 0.29) is 72.7 Å². The lowest BCUT2D eigenvalue weighted by molar-refractivity contribution is -0.130. The highest BCUT2D eigenvalue weighted by Crippen LogP contribution is 2.29. The van der Waals surface area contributed by atoms with E-state index >= 15 is 0 Å². The van der Waals surface area contributed by atoms with Gasteiger partial charge < -0.3 is 58.6 Å². The summed E-state index contributed by atoms with van der Waals surface area (Å²) in [5.41, 5.74) is 8.49. The first kappa shape index (κ1) is 55.4. The highest BCUT2D eigenvalue weighted by atomic mass is 16.2. The van der Waals surface area contributed by atoms with E-state index in [2.05, 4.69) is 52.8 Å². The number of hydrogen-bond acceptors (Lipinski definition) is 10. The molecule has 4 aromatic rings. The molecule has 1 aromatic heterocycles. The molecule has 12 N–H and O–H groups in total. The average Bonchev–Trinajstić information content (AvgIpc) is 4.25. The fraction of sp³-hybridized carbons (Fsp3) is 0.544. The number of benzene rings is 3. The zero-order valence-electron chi connectivity index (χ0n) is 44.0. The van der Waals surface area contributed by atoms with Crippen molar-refractivity contribution in [1.29, 1.82) is 0 Å². The number of fused-ring (bicyclic) bond motifs is 2. The van der Waals surface area contributed by atoms with Crippen LogP contribution in [0.2, 0.25) is 0 Å². The predicted molar refractivity (Wildman–Crippen MR) is 289 cm³/mol. The van der Waals surface area contributed by atoms with Crippen molar-refractivity contribution in [3.05, 3.63) is 84.1 Å². The molecule has 11 atom stereocenters. The van der Waals surface area contributed by atoms with Gasteiger partial charge in [0.2, 0.25) is 47.3 Å². The molecule has 0 spiro atoms. The van der Waals surface area contributed by atoms with Gasteiger partial charge in [0.05, 0.1) is 41.7 Å². The number of nitrogens with two attached hydrogens (primary N) is 1. The van der Waals surface area contributed by atoms with E-state index in [1.54, 1.807) is 0 Å². The second kappa shape index (κ2) is 25.8. The Morgan fingerprint density at radius 3 is 1.88 bits per heavy atom. The summed E-state index contributed by atoms with van der Waals surface area (Å²) in [5.74, 6) is -5.01. The second-order valence-electron chi connectivity index (χ2n) is 22.1.